The molecule has 3 saturated heterocycles. The van der Waals surface area contributed by atoms with Crippen LogP contribution in [0.25, 0.3) is 0 Å². The number of likely N-dealkylation sites (tertiary alicyclic amines) is 1. The Bertz CT molecular complexity index is 1480. The Morgan fingerprint density at radius 1 is 0.911 bits per heavy atom. The van der Waals surface area contributed by atoms with Crippen LogP contribution in [0.2, 0.25) is 0 Å². The van der Waals surface area contributed by atoms with Crippen molar-refractivity contribution >= 4 is 15.9 Å². The van der Waals surface area contributed by atoms with Gasteiger partial charge in [-0.15, -0.1) is 0 Å². The molecule has 4 fully saturated rings. The second kappa shape index (κ2) is 12.6. The molecule has 1 aromatic heterocycles. The number of rotatable bonds is 7. The van der Waals surface area contributed by atoms with E-state index in [9.17, 15) is 22.0 Å². The molecule has 0 spiro atoms. The smallest absolute Gasteiger partial charge is 0.257 e. The molecule has 0 unspecified atom stereocenters. The van der Waals surface area contributed by atoms with Gasteiger partial charge in [0, 0.05) is 69.5 Å². The zero-order valence-corrected chi connectivity index (χ0v) is 27.7. The summed E-state index contributed by atoms with van der Waals surface area (Å²) in [6, 6.07) is 3.74. The number of aryl methyl sites for hydroxylation is 2. The van der Waals surface area contributed by atoms with Gasteiger partial charge in [0.15, 0.2) is 0 Å². The SMILES string of the molecule is Cc1ncnc(C)c1C(=O)N1CCC(C)(N2CCN([C@H](c3cc(F)cc(F)c3)C3CCN(S(=O)(=O)C4CC4)CC3)[C@@H](C)C2)CC1. The molecular weight excluding hydrogens is 598 g/mol. The fourth-order valence-corrected chi connectivity index (χ4v) is 9.82. The Balaban J connectivity index is 1.14. The Kier molecular flexibility index (Phi) is 9.06. The van der Waals surface area contributed by atoms with Gasteiger partial charge in [0.25, 0.3) is 5.91 Å². The average molecular weight is 645 g/mol. The van der Waals surface area contributed by atoms with Crippen molar-refractivity contribution in [2.24, 2.45) is 5.92 Å². The number of piperidine rings is 2. The molecular formula is C33H46F2N6O3S. The second-order valence-electron chi connectivity index (χ2n) is 13.9. The van der Waals surface area contributed by atoms with Crippen molar-refractivity contribution in [3.05, 3.63) is 58.7 Å². The van der Waals surface area contributed by atoms with E-state index >= 15 is 0 Å². The summed E-state index contributed by atoms with van der Waals surface area (Å²) in [4.78, 5) is 28.7. The van der Waals surface area contributed by atoms with Crippen molar-refractivity contribution in [1.82, 2.24) is 29.0 Å². The Morgan fingerprint density at radius 3 is 2.07 bits per heavy atom. The van der Waals surface area contributed by atoms with E-state index in [0.29, 0.717) is 61.5 Å². The average Bonchev–Trinajstić information content (AvgIpc) is 3.85. The molecule has 3 aliphatic heterocycles. The van der Waals surface area contributed by atoms with E-state index < -0.39 is 21.7 Å². The van der Waals surface area contributed by atoms with Crippen molar-refractivity contribution in [3.8, 4) is 0 Å². The van der Waals surface area contributed by atoms with Crippen LogP contribution in [-0.4, -0.2) is 106 Å². The zero-order chi connectivity index (χ0) is 32.1. The molecule has 246 valence electrons. The third kappa shape index (κ3) is 6.53. The van der Waals surface area contributed by atoms with Gasteiger partial charge in [-0.3, -0.25) is 14.6 Å². The summed E-state index contributed by atoms with van der Waals surface area (Å²) in [6.45, 7) is 12.7. The van der Waals surface area contributed by atoms with Gasteiger partial charge in [-0.1, -0.05) is 0 Å². The van der Waals surface area contributed by atoms with Crippen molar-refractivity contribution in [1.29, 1.82) is 0 Å². The van der Waals surface area contributed by atoms with Crippen molar-refractivity contribution in [2.75, 3.05) is 45.8 Å². The molecule has 0 N–H and O–H groups in total. The summed E-state index contributed by atoms with van der Waals surface area (Å²) >= 11 is 0. The highest BCUT2D eigenvalue weighted by Gasteiger charge is 2.45. The van der Waals surface area contributed by atoms with Crippen LogP contribution < -0.4 is 0 Å². The van der Waals surface area contributed by atoms with E-state index in [1.807, 2.05) is 18.7 Å². The molecule has 0 radical (unpaired) electrons. The van der Waals surface area contributed by atoms with Gasteiger partial charge in [-0.2, -0.15) is 0 Å². The predicted molar refractivity (Wildman–Crippen MR) is 168 cm³/mol. The number of hydrogen-bond acceptors (Lipinski definition) is 7. The number of benzene rings is 1. The molecule has 1 amide bonds. The van der Waals surface area contributed by atoms with Crippen LogP contribution in [0.3, 0.4) is 0 Å². The molecule has 1 saturated carbocycles. The lowest BCUT2D eigenvalue weighted by Gasteiger charge is -2.54. The molecule has 4 aliphatic rings. The first-order valence-corrected chi connectivity index (χ1v) is 17.9. The fraction of sp³-hybridized carbons (Fsp3) is 0.667. The largest absolute Gasteiger partial charge is 0.338 e. The lowest BCUT2D eigenvalue weighted by molar-refractivity contribution is -0.0422. The van der Waals surface area contributed by atoms with Gasteiger partial charge in [-0.05, 0) is 89.8 Å². The lowest BCUT2D eigenvalue weighted by atomic mass is 9.82. The first-order valence-electron chi connectivity index (χ1n) is 16.4. The molecule has 2 aromatic rings. The standard InChI is InChI=1S/C33H46F2N6O3S/c1-22-20-39(33(4)9-13-38(14-10-33)32(42)30-23(2)36-21-37-24(30)3)15-16-41(22)31(26-17-27(34)19-28(35)18-26)25-7-11-40(12-8-25)45(43,44)29-5-6-29/h17-19,21-22,25,29,31H,5-16,20H2,1-4H3/t22-,31-/m0/s1. The minimum Gasteiger partial charge on any atom is -0.338 e. The first-order chi connectivity index (χ1) is 21.4. The molecule has 1 aliphatic carbocycles. The highest BCUT2D eigenvalue weighted by molar-refractivity contribution is 7.90. The number of aromatic nitrogens is 2. The summed E-state index contributed by atoms with van der Waals surface area (Å²) in [6.07, 6.45) is 6.00. The molecule has 9 nitrogen and oxygen atoms in total. The number of amides is 1. The van der Waals surface area contributed by atoms with Crippen molar-refractivity contribution in [3.63, 3.8) is 0 Å². The van der Waals surface area contributed by atoms with Gasteiger partial charge >= 0.3 is 0 Å². The maximum atomic E-state index is 14.5. The van der Waals surface area contributed by atoms with Crippen molar-refractivity contribution < 1.29 is 22.0 Å². The van der Waals surface area contributed by atoms with E-state index in [4.69, 9.17) is 0 Å². The predicted octanol–water partition coefficient (Wildman–Crippen LogP) is 4.32. The highest BCUT2D eigenvalue weighted by atomic mass is 32.2. The van der Waals surface area contributed by atoms with Gasteiger partial charge < -0.3 is 4.90 Å². The number of sulfonamides is 1. The first kappa shape index (κ1) is 32.4. The molecule has 6 rings (SSSR count). The quantitative estimate of drug-likeness (QED) is 0.444. The molecule has 4 heterocycles. The topological polar surface area (TPSA) is 90.0 Å². The molecule has 0 bridgehead atoms. The van der Waals surface area contributed by atoms with E-state index in [1.165, 1.54) is 18.5 Å². The third-order valence-corrected chi connectivity index (χ3v) is 13.2. The Morgan fingerprint density at radius 2 is 1.51 bits per heavy atom. The number of halogens is 2. The van der Waals surface area contributed by atoms with Crippen LogP contribution in [0.5, 0.6) is 0 Å². The summed E-state index contributed by atoms with van der Waals surface area (Å²) < 4.78 is 56.5. The number of carbonyl (C=O) groups is 1. The summed E-state index contributed by atoms with van der Waals surface area (Å²) in [5.74, 6) is -1.09. The van der Waals surface area contributed by atoms with Crippen LogP contribution >= 0.6 is 0 Å². The van der Waals surface area contributed by atoms with Crippen LogP contribution in [-0.2, 0) is 10.0 Å². The summed E-state index contributed by atoms with van der Waals surface area (Å²) in [5, 5.41) is -0.234. The molecule has 1 aromatic carbocycles. The number of hydrogen-bond donors (Lipinski definition) is 0. The van der Waals surface area contributed by atoms with Gasteiger partial charge in [0.05, 0.1) is 22.2 Å². The van der Waals surface area contributed by atoms with Gasteiger partial charge in [-0.25, -0.2) is 31.5 Å². The van der Waals surface area contributed by atoms with Gasteiger partial charge in [0.1, 0.15) is 18.0 Å². The Hall–Kier alpha value is -2.54. The Labute approximate surface area is 266 Å². The van der Waals surface area contributed by atoms with E-state index in [2.05, 4.69) is 33.6 Å². The lowest BCUT2D eigenvalue weighted by Crippen LogP contribution is -2.63. The maximum absolute atomic E-state index is 14.5. The summed E-state index contributed by atoms with van der Waals surface area (Å²) in [5.41, 5.74) is 2.56. The van der Waals surface area contributed by atoms with E-state index in [0.717, 1.165) is 51.4 Å². The number of piperazine rings is 1. The second-order valence-corrected chi connectivity index (χ2v) is 16.1. The monoisotopic (exact) mass is 644 g/mol. The molecule has 2 atom stereocenters. The minimum absolute atomic E-state index is 0.00742. The minimum atomic E-state index is -3.25. The van der Waals surface area contributed by atoms with Crippen LogP contribution in [0.4, 0.5) is 8.78 Å². The van der Waals surface area contributed by atoms with Crippen LogP contribution in [0.1, 0.15) is 85.7 Å². The van der Waals surface area contributed by atoms with Crippen molar-refractivity contribution in [2.45, 2.75) is 89.1 Å². The number of carbonyl (C=O) groups excluding carboxylic acids is 1. The maximum Gasteiger partial charge on any atom is 0.257 e. The molecule has 12 heteroatoms. The highest BCUT2D eigenvalue weighted by Crippen LogP contribution is 2.41. The fourth-order valence-electron chi connectivity index (χ4n) is 7.95. The third-order valence-electron chi connectivity index (χ3n) is 10.8. The van der Waals surface area contributed by atoms with Gasteiger partial charge in [0.2, 0.25) is 10.0 Å². The molecule has 45 heavy (non-hydrogen) atoms. The number of nitrogens with zero attached hydrogens (tertiary/aromatic N) is 6. The van der Waals surface area contributed by atoms with Crippen LogP contribution in [0, 0.1) is 31.4 Å². The normalized spacial score (nSPS) is 24.9. The summed E-state index contributed by atoms with van der Waals surface area (Å²) in [7, 11) is -3.25. The van der Waals surface area contributed by atoms with Crippen LogP contribution in [0.15, 0.2) is 24.5 Å². The van der Waals surface area contributed by atoms with E-state index in [-0.39, 0.29) is 34.7 Å². The zero-order valence-electron chi connectivity index (χ0n) is 26.9. The van der Waals surface area contributed by atoms with E-state index in [1.54, 1.807) is 4.31 Å².